The van der Waals surface area contributed by atoms with Crippen molar-refractivity contribution in [1.29, 1.82) is 0 Å². The number of imidazole rings is 1. The lowest BCUT2D eigenvalue weighted by atomic mass is 10.2. The maximum absolute atomic E-state index is 11.9. The van der Waals surface area contributed by atoms with Crippen molar-refractivity contribution in [2.75, 3.05) is 12.4 Å². The smallest absolute Gasteiger partial charge is 0.248 e. The van der Waals surface area contributed by atoms with Crippen LogP contribution in [0.5, 0.6) is 5.75 Å². The Hall–Kier alpha value is -3.00. The number of hydrogen-bond acceptors (Lipinski definition) is 5. The van der Waals surface area contributed by atoms with Gasteiger partial charge in [-0.05, 0) is 43.3 Å². The van der Waals surface area contributed by atoms with E-state index in [9.17, 15) is 9.59 Å². The zero-order valence-corrected chi connectivity index (χ0v) is 15.9. The van der Waals surface area contributed by atoms with Crippen LogP contribution in [0.2, 0.25) is 0 Å². The molecule has 0 aliphatic carbocycles. The fourth-order valence-electron chi connectivity index (χ4n) is 2.53. The molecule has 1 aromatic heterocycles. The molecule has 0 atom stereocenters. The molecule has 0 unspecified atom stereocenters. The van der Waals surface area contributed by atoms with Gasteiger partial charge in [0.25, 0.3) is 0 Å². The summed E-state index contributed by atoms with van der Waals surface area (Å²) in [6, 6.07) is 15.5. The van der Waals surface area contributed by atoms with Crippen LogP contribution in [0.15, 0.2) is 53.7 Å². The summed E-state index contributed by atoms with van der Waals surface area (Å²) < 4.78 is 7.50. The summed E-state index contributed by atoms with van der Waals surface area (Å²) >= 11 is 1.30. The van der Waals surface area contributed by atoms with Crippen LogP contribution in [-0.4, -0.2) is 33.7 Å². The fraction of sp³-hybridized carbons (Fsp3) is 0.211. The molecule has 0 bridgehead atoms. The van der Waals surface area contributed by atoms with Crippen LogP contribution in [0.3, 0.4) is 0 Å². The van der Waals surface area contributed by atoms with Gasteiger partial charge < -0.3 is 4.74 Å². The largest absolute Gasteiger partial charge is 0.494 e. The molecule has 0 radical (unpaired) electrons. The van der Waals surface area contributed by atoms with E-state index in [4.69, 9.17) is 4.74 Å². The summed E-state index contributed by atoms with van der Waals surface area (Å²) in [4.78, 5) is 27.4. The molecule has 1 heterocycles. The van der Waals surface area contributed by atoms with Gasteiger partial charge in [0.2, 0.25) is 11.8 Å². The fourth-order valence-corrected chi connectivity index (χ4v) is 3.36. The first kappa shape index (κ1) is 18.8. The van der Waals surface area contributed by atoms with Crippen molar-refractivity contribution in [3.05, 3.63) is 48.5 Å². The van der Waals surface area contributed by atoms with Crippen LogP contribution in [0.4, 0.5) is 0 Å². The van der Waals surface area contributed by atoms with Gasteiger partial charge in [-0.1, -0.05) is 23.9 Å². The van der Waals surface area contributed by atoms with E-state index in [0.717, 1.165) is 22.5 Å². The van der Waals surface area contributed by atoms with Gasteiger partial charge in [-0.3, -0.25) is 25.0 Å². The Morgan fingerprint density at radius 2 is 1.85 bits per heavy atom. The number of rotatable bonds is 6. The van der Waals surface area contributed by atoms with E-state index in [1.54, 1.807) is 0 Å². The van der Waals surface area contributed by atoms with E-state index in [0.29, 0.717) is 11.8 Å². The first-order valence-electron chi connectivity index (χ1n) is 8.47. The van der Waals surface area contributed by atoms with Gasteiger partial charge in [0.05, 0.1) is 23.4 Å². The number of nitrogens with zero attached hydrogens (tertiary/aromatic N) is 2. The van der Waals surface area contributed by atoms with Gasteiger partial charge in [0.15, 0.2) is 5.16 Å². The van der Waals surface area contributed by atoms with E-state index in [1.165, 1.54) is 18.7 Å². The van der Waals surface area contributed by atoms with E-state index in [2.05, 4.69) is 15.8 Å². The Balaban J connectivity index is 1.87. The van der Waals surface area contributed by atoms with Crippen molar-refractivity contribution in [3.63, 3.8) is 0 Å². The Bertz CT molecular complexity index is 953. The maximum Gasteiger partial charge on any atom is 0.248 e. The quantitative estimate of drug-likeness (QED) is 0.504. The van der Waals surface area contributed by atoms with Crippen molar-refractivity contribution < 1.29 is 14.3 Å². The molecule has 140 valence electrons. The summed E-state index contributed by atoms with van der Waals surface area (Å²) in [5, 5.41) is 0.693. The second-order valence-corrected chi connectivity index (χ2v) is 6.61. The average molecular weight is 384 g/mol. The Morgan fingerprint density at radius 3 is 2.56 bits per heavy atom. The number of aromatic nitrogens is 2. The van der Waals surface area contributed by atoms with Crippen molar-refractivity contribution in [2.45, 2.75) is 19.0 Å². The van der Waals surface area contributed by atoms with E-state index in [1.807, 2.05) is 60.0 Å². The van der Waals surface area contributed by atoms with E-state index >= 15 is 0 Å². The predicted molar refractivity (Wildman–Crippen MR) is 105 cm³/mol. The molecule has 3 rings (SSSR count). The first-order chi connectivity index (χ1) is 13.1. The number of amides is 2. The molecule has 2 amide bonds. The van der Waals surface area contributed by atoms with Crippen molar-refractivity contribution in [2.24, 2.45) is 0 Å². The average Bonchev–Trinajstić information content (AvgIpc) is 3.04. The highest BCUT2D eigenvalue weighted by Crippen LogP contribution is 2.28. The molecule has 8 heteroatoms. The highest BCUT2D eigenvalue weighted by Gasteiger charge is 2.14. The normalized spacial score (nSPS) is 10.6. The lowest BCUT2D eigenvalue weighted by Crippen LogP contribution is -2.41. The van der Waals surface area contributed by atoms with Crippen molar-refractivity contribution >= 4 is 34.6 Å². The number of nitrogens with one attached hydrogen (secondary N) is 2. The summed E-state index contributed by atoms with van der Waals surface area (Å²) in [5.41, 5.74) is 7.36. The molecule has 27 heavy (non-hydrogen) atoms. The monoisotopic (exact) mass is 384 g/mol. The number of fused-ring (bicyclic) bond motifs is 1. The summed E-state index contributed by atoms with van der Waals surface area (Å²) in [7, 11) is 0. The van der Waals surface area contributed by atoms with Crippen molar-refractivity contribution in [1.82, 2.24) is 20.4 Å². The first-order valence-corrected chi connectivity index (χ1v) is 9.46. The molecule has 0 saturated carbocycles. The van der Waals surface area contributed by atoms with Gasteiger partial charge in [-0.15, -0.1) is 0 Å². The molecule has 2 N–H and O–H groups in total. The molecular formula is C19H20N4O3S. The summed E-state index contributed by atoms with van der Waals surface area (Å²) in [6.45, 7) is 3.88. The molecule has 0 aliphatic heterocycles. The number of ether oxygens (including phenoxy) is 1. The van der Waals surface area contributed by atoms with Gasteiger partial charge in [0, 0.05) is 12.6 Å². The summed E-state index contributed by atoms with van der Waals surface area (Å²) in [5.74, 6) is 0.297. The lowest BCUT2D eigenvalue weighted by Gasteiger charge is -2.10. The Labute approximate surface area is 161 Å². The number of benzene rings is 2. The zero-order valence-electron chi connectivity index (χ0n) is 15.1. The van der Waals surface area contributed by atoms with E-state index in [-0.39, 0.29) is 17.6 Å². The van der Waals surface area contributed by atoms with Gasteiger partial charge in [-0.25, -0.2) is 4.98 Å². The second-order valence-electron chi connectivity index (χ2n) is 5.66. The molecule has 3 aromatic rings. The minimum absolute atomic E-state index is 0.126. The number of hydrogen-bond donors (Lipinski definition) is 2. The van der Waals surface area contributed by atoms with Gasteiger partial charge in [-0.2, -0.15) is 0 Å². The SMILES string of the molecule is CCOc1ccc(-n2c(SCC(=O)NNC(C)=O)nc3ccccc32)cc1. The summed E-state index contributed by atoms with van der Waals surface area (Å²) in [6.07, 6.45) is 0. The molecule has 0 spiro atoms. The molecule has 0 fully saturated rings. The standard InChI is InChI=1S/C19H20N4O3S/c1-3-26-15-10-8-14(9-11-15)23-17-7-5-4-6-16(17)20-19(23)27-12-18(25)22-21-13(2)24/h4-11H,3,12H2,1-2H3,(H,21,24)(H,22,25). The second kappa shape index (κ2) is 8.59. The van der Waals surface area contributed by atoms with Gasteiger partial charge in [0.1, 0.15) is 5.75 Å². The zero-order chi connectivity index (χ0) is 19.2. The molecule has 0 saturated heterocycles. The number of hydrazine groups is 1. The number of thioether (sulfide) groups is 1. The maximum atomic E-state index is 11.9. The molecule has 0 aliphatic rings. The van der Waals surface area contributed by atoms with Crippen LogP contribution < -0.4 is 15.6 Å². The van der Waals surface area contributed by atoms with Crippen molar-refractivity contribution in [3.8, 4) is 11.4 Å². The lowest BCUT2D eigenvalue weighted by molar-refractivity contribution is -0.126. The van der Waals surface area contributed by atoms with E-state index < -0.39 is 0 Å². The number of carbonyl (C=O) groups excluding carboxylic acids is 2. The highest BCUT2D eigenvalue weighted by atomic mass is 32.2. The molecule has 7 nitrogen and oxygen atoms in total. The Kier molecular flexibility index (Phi) is 5.97. The third-order valence-electron chi connectivity index (χ3n) is 3.65. The molecule has 2 aromatic carbocycles. The van der Waals surface area contributed by atoms with Gasteiger partial charge >= 0.3 is 0 Å². The highest BCUT2D eigenvalue weighted by molar-refractivity contribution is 7.99. The predicted octanol–water partition coefficient (Wildman–Crippen LogP) is 2.68. The number of carbonyl (C=O) groups is 2. The number of para-hydroxylation sites is 2. The van der Waals surface area contributed by atoms with Crippen LogP contribution in [0.25, 0.3) is 16.7 Å². The minimum atomic E-state index is -0.324. The minimum Gasteiger partial charge on any atom is -0.494 e. The molecular weight excluding hydrogens is 364 g/mol. The Morgan fingerprint density at radius 1 is 1.11 bits per heavy atom. The van der Waals surface area contributed by atoms with Crippen LogP contribution in [0.1, 0.15) is 13.8 Å². The van der Waals surface area contributed by atoms with Crippen LogP contribution >= 0.6 is 11.8 Å². The van der Waals surface area contributed by atoms with Crippen LogP contribution in [-0.2, 0) is 9.59 Å². The third kappa shape index (κ3) is 4.59. The third-order valence-corrected chi connectivity index (χ3v) is 4.58. The topological polar surface area (TPSA) is 85.2 Å². The van der Waals surface area contributed by atoms with Crippen LogP contribution in [0, 0.1) is 0 Å².